The van der Waals surface area contributed by atoms with Crippen LogP contribution in [-0.4, -0.2) is 70.7 Å². The van der Waals surface area contributed by atoms with Gasteiger partial charge in [-0.15, -0.1) is 108 Å². The van der Waals surface area contributed by atoms with Crippen molar-refractivity contribution in [3.63, 3.8) is 0 Å². The first kappa shape index (κ1) is 84.7. The van der Waals surface area contributed by atoms with Crippen molar-refractivity contribution >= 4 is 111 Å². The van der Waals surface area contributed by atoms with E-state index in [-0.39, 0.29) is 87.5 Å². The van der Waals surface area contributed by atoms with E-state index in [4.69, 9.17) is 0 Å². The van der Waals surface area contributed by atoms with Gasteiger partial charge in [-0.1, -0.05) is 206 Å². The number of aromatic nitrogens is 13. The normalized spacial score (nSPS) is 10.5. The average molecular weight is 1860 g/mol. The largest absolute Gasteiger partial charge is 3.00 e. The van der Waals surface area contributed by atoms with Crippen molar-refractivity contribution in [2.75, 3.05) is 0 Å². The van der Waals surface area contributed by atoms with Crippen LogP contribution in [0.2, 0.25) is 0 Å². The molecule has 0 atom stereocenters. The first-order valence-electron chi connectivity index (χ1n) is 41.1. The third-order valence-corrected chi connectivity index (χ3v) is 21.5. The average Bonchev–Trinajstić information content (AvgIpc) is 1.67. The van der Waals surface area contributed by atoms with E-state index in [2.05, 4.69) is 312 Å². The van der Waals surface area contributed by atoms with Gasteiger partial charge in [-0.05, 0) is 136 Å². The summed E-state index contributed by atoms with van der Waals surface area (Å²) in [5, 5.41) is 53.9. The zero-order chi connectivity index (χ0) is 88.5. The molecule has 0 aliphatic carbocycles. The minimum absolute atomic E-state index is 0. The van der Waals surface area contributed by atoms with Crippen molar-refractivity contribution in [1.82, 2.24) is 64.0 Å². The third-order valence-electron chi connectivity index (χ3n) is 21.5. The first-order valence-corrected chi connectivity index (χ1v) is 41.1. The van der Waals surface area contributed by atoms with Gasteiger partial charge < -0.3 is 24.1 Å². The molecule has 19 nitrogen and oxygen atoms in total. The predicted octanol–water partition coefficient (Wildman–Crippen LogP) is 24.5. The van der Waals surface area contributed by atoms with Gasteiger partial charge in [0.25, 0.3) is 0 Å². The van der Waals surface area contributed by atoms with Crippen LogP contribution in [0, 0.1) is 74.9 Å². The summed E-state index contributed by atoms with van der Waals surface area (Å²) in [7, 11) is 0. The SMILES string of the molecule is C=Nc1nc2c3nc(C#N)c(C#N)nc3c3nc(C#N)c(C#N)nc3c2nc1C#N.[Ir+3].[c-]1ccccc1-c1ccccn1.[c-]1ccccc1-c1ccccn1.[c-]1ccccc1-c1ccccn1.c1cc(-c2cccc(-n3c4ccccc4c4ccccc43)c2)cc(-n2c3ccccc3c3ccccc32)c1.c1ccc(-c2ccnc3c2ccc2c(-c4ccccc4)ccnc23)cc1. The van der Waals surface area contributed by atoms with Gasteiger partial charge in [-0.2, -0.15) is 26.3 Å². The fraction of sp³-hybridized carbons (Fsp3) is 0. The molecular formula is C111H66IrN19. The van der Waals surface area contributed by atoms with Crippen molar-refractivity contribution in [2.24, 2.45) is 4.99 Å². The van der Waals surface area contributed by atoms with Crippen molar-refractivity contribution in [2.45, 2.75) is 0 Å². The summed E-state index contributed by atoms with van der Waals surface area (Å²) in [6.45, 7) is 3.36. The molecule has 614 valence electrons. The van der Waals surface area contributed by atoms with E-state index < -0.39 is 0 Å². The molecule has 23 aromatic rings. The van der Waals surface area contributed by atoms with Crippen LogP contribution in [0.25, 0.3) is 177 Å². The van der Waals surface area contributed by atoms with Gasteiger partial charge in [0.1, 0.15) is 63.4 Å². The van der Waals surface area contributed by atoms with E-state index in [1.807, 2.05) is 158 Å². The summed E-state index contributed by atoms with van der Waals surface area (Å²) < 4.78 is 4.76. The van der Waals surface area contributed by atoms with Gasteiger partial charge in [0, 0.05) is 74.7 Å². The quantitative estimate of drug-likeness (QED) is 0.0737. The van der Waals surface area contributed by atoms with E-state index >= 15 is 0 Å². The minimum atomic E-state index is -0.270. The van der Waals surface area contributed by atoms with E-state index in [0.717, 1.165) is 55.6 Å². The second kappa shape index (κ2) is 39.6. The number of para-hydroxylation sites is 4. The van der Waals surface area contributed by atoms with Crippen LogP contribution in [0.3, 0.4) is 0 Å². The number of rotatable bonds is 9. The Balaban J connectivity index is 0.000000116. The summed E-state index contributed by atoms with van der Waals surface area (Å²) in [5.74, 6) is -0.0857. The summed E-state index contributed by atoms with van der Waals surface area (Å²) in [6, 6.07) is 141. The molecule has 0 aliphatic rings. The molecule has 10 heterocycles. The molecule has 10 aromatic heterocycles. The smallest absolute Gasteiger partial charge is 0.309 e. The molecule has 0 bridgehead atoms. The second-order valence-electron chi connectivity index (χ2n) is 29.2. The van der Waals surface area contributed by atoms with Crippen molar-refractivity contribution < 1.29 is 20.1 Å². The Morgan fingerprint density at radius 1 is 0.252 bits per heavy atom. The molecular weight excluding hydrogens is 1790 g/mol. The second-order valence-corrected chi connectivity index (χ2v) is 29.2. The third kappa shape index (κ3) is 17.7. The van der Waals surface area contributed by atoms with Crippen LogP contribution < -0.4 is 0 Å². The topological polar surface area (TPSA) is 283 Å². The number of hydrogen-bond donors (Lipinski definition) is 0. The van der Waals surface area contributed by atoms with Gasteiger partial charge in [-0.3, -0.25) is 9.97 Å². The van der Waals surface area contributed by atoms with Gasteiger partial charge in [0.2, 0.25) is 0 Å². The van der Waals surface area contributed by atoms with E-state index in [9.17, 15) is 26.3 Å². The van der Waals surface area contributed by atoms with Crippen molar-refractivity contribution in [1.29, 1.82) is 26.3 Å². The molecule has 20 heteroatoms. The van der Waals surface area contributed by atoms with Crippen LogP contribution in [0.5, 0.6) is 0 Å². The molecule has 0 unspecified atom stereocenters. The molecule has 0 amide bonds. The summed E-state index contributed by atoms with van der Waals surface area (Å²) >= 11 is 0. The van der Waals surface area contributed by atoms with Crippen LogP contribution >= 0.6 is 0 Å². The first-order chi connectivity index (χ1) is 64.3. The fourth-order valence-corrected chi connectivity index (χ4v) is 15.6. The molecule has 0 saturated carbocycles. The van der Waals surface area contributed by atoms with Gasteiger partial charge >= 0.3 is 20.1 Å². The number of fused-ring (bicyclic) bond motifs is 15. The number of pyridine rings is 5. The van der Waals surface area contributed by atoms with Crippen LogP contribution in [0.4, 0.5) is 5.82 Å². The number of aliphatic imine (C=N–C) groups is 1. The standard InChI is InChI=1S/C36H24N2.C24H16N2.C18H2N12.3C11H8N.Ir/c1-5-19-33-29(15-1)30-16-2-6-20-34(30)37(33)27-13-9-11-25(23-27)26-12-10-14-28(24-26)38-35-21-7-3-17-31(35)32-18-4-8-22-36(32)38;1-3-7-17(8-4-1)19-13-15-25-23-21(19)11-12-22-20(14-16-26-24(22)23)18-9-5-2-6-10-18;1-24-18-11(6-23)29-16-14-12(25-7(2-19)8(3-20)27-14)13-15(17(16)30-18)28-10(5-22)9(4-21)26-13;3*1-2-6-10(7-3-1)11-8-4-5-9-12-11;/h1-24H;1-16H;1H2;3*1-6,8-9H;/q;;;3*-1;+3. The maximum Gasteiger partial charge on any atom is 3.00 e. The molecule has 23 rings (SSSR count). The molecule has 0 fully saturated rings. The number of nitriles is 5. The molecule has 0 aliphatic heterocycles. The number of hydrogen-bond acceptors (Lipinski definition) is 17. The number of benzene rings is 13. The van der Waals surface area contributed by atoms with Crippen LogP contribution in [-0.2, 0) is 20.1 Å². The Labute approximate surface area is 765 Å². The summed E-state index contributed by atoms with van der Waals surface area (Å²) in [6.07, 6.45) is 9.12. The predicted molar refractivity (Wildman–Crippen MR) is 513 cm³/mol. The van der Waals surface area contributed by atoms with Crippen molar-refractivity contribution in [3.8, 4) is 109 Å². The molecule has 131 heavy (non-hydrogen) atoms. The van der Waals surface area contributed by atoms with E-state index in [0.29, 0.717) is 0 Å². The Morgan fingerprint density at radius 2 is 0.550 bits per heavy atom. The molecule has 0 saturated heterocycles. The van der Waals surface area contributed by atoms with Crippen LogP contribution in [0.15, 0.2) is 394 Å². The summed E-state index contributed by atoms with van der Waals surface area (Å²) in [4.78, 5) is 50.7. The monoisotopic (exact) mass is 1860 g/mol. The summed E-state index contributed by atoms with van der Waals surface area (Å²) in [5.41, 5.74) is 21.3. The van der Waals surface area contributed by atoms with E-state index in [1.54, 1.807) is 42.9 Å². The zero-order valence-electron chi connectivity index (χ0n) is 69.5. The molecule has 13 aromatic carbocycles. The zero-order valence-corrected chi connectivity index (χ0v) is 71.9. The van der Waals surface area contributed by atoms with Crippen molar-refractivity contribution in [3.05, 3.63) is 436 Å². The maximum atomic E-state index is 9.35. The molecule has 0 radical (unpaired) electrons. The van der Waals surface area contributed by atoms with Gasteiger partial charge in [0.15, 0.2) is 34.3 Å². The molecule has 0 N–H and O–H groups in total. The van der Waals surface area contributed by atoms with Gasteiger partial charge in [-0.25, -0.2) is 34.9 Å². The number of nitrogens with zero attached hydrogens (tertiary/aromatic N) is 19. The minimum Gasteiger partial charge on any atom is -0.309 e. The van der Waals surface area contributed by atoms with E-state index in [1.165, 1.54) is 88.4 Å². The van der Waals surface area contributed by atoms with Gasteiger partial charge in [0.05, 0.1) is 33.1 Å². The Bertz CT molecular complexity index is 7670. The fourth-order valence-electron chi connectivity index (χ4n) is 15.6. The molecule has 0 spiro atoms. The maximum absolute atomic E-state index is 9.35. The Hall–Kier alpha value is -18.5. The van der Waals surface area contributed by atoms with Crippen LogP contribution in [0.1, 0.15) is 28.5 Å². The Morgan fingerprint density at radius 3 is 0.855 bits per heavy atom. The Kier molecular flexibility index (Phi) is 25.6.